The zero-order valence-electron chi connectivity index (χ0n) is 9.43. The molecule has 0 radical (unpaired) electrons. The minimum atomic E-state index is 0.629. The van der Waals surface area contributed by atoms with Gasteiger partial charge < -0.3 is 10.5 Å². The number of ether oxygens (including phenoxy) is 1. The van der Waals surface area contributed by atoms with Gasteiger partial charge in [0.05, 0.1) is 12.3 Å². The molecule has 0 spiro atoms. The highest BCUT2D eigenvalue weighted by Crippen LogP contribution is 2.23. The SMILES string of the molecule is Cc1nn(C)c(OCCc2cccs2)c1N. The summed E-state index contributed by atoms with van der Waals surface area (Å²) >= 11 is 1.74. The third-order valence-corrected chi connectivity index (χ3v) is 3.32. The van der Waals surface area contributed by atoms with E-state index in [4.69, 9.17) is 10.5 Å². The molecule has 2 N–H and O–H groups in total. The molecule has 2 aromatic rings. The molecular weight excluding hydrogens is 222 g/mol. The van der Waals surface area contributed by atoms with E-state index in [2.05, 4.69) is 16.5 Å². The van der Waals surface area contributed by atoms with Gasteiger partial charge >= 0.3 is 0 Å². The Morgan fingerprint density at radius 2 is 2.38 bits per heavy atom. The normalized spacial score (nSPS) is 10.6. The van der Waals surface area contributed by atoms with E-state index in [1.54, 1.807) is 16.0 Å². The van der Waals surface area contributed by atoms with Crippen LogP contribution in [-0.4, -0.2) is 16.4 Å². The molecule has 2 heterocycles. The van der Waals surface area contributed by atoms with Gasteiger partial charge in [-0.15, -0.1) is 11.3 Å². The van der Waals surface area contributed by atoms with Gasteiger partial charge in [-0.05, 0) is 18.4 Å². The van der Waals surface area contributed by atoms with Crippen molar-refractivity contribution in [2.45, 2.75) is 13.3 Å². The highest BCUT2D eigenvalue weighted by Gasteiger charge is 2.10. The molecule has 0 amide bonds. The van der Waals surface area contributed by atoms with Gasteiger partial charge in [0.25, 0.3) is 0 Å². The van der Waals surface area contributed by atoms with Crippen LogP contribution in [0, 0.1) is 6.92 Å². The highest BCUT2D eigenvalue weighted by molar-refractivity contribution is 7.09. The second kappa shape index (κ2) is 4.57. The summed E-state index contributed by atoms with van der Waals surface area (Å²) in [4.78, 5) is 1.32. The van der Waals surface area contributed by atoms with Crippen molar-refractivity contribution in [2.75, 3.05) is 12.3 Å². The van der Waals surface area contributed by atoms with Crippen LogP contribution < -0.4 is 10.5 Å². The number of hydrogen-bond donors (Lipinski definition) is 1. The molecule has 0 aliphatic carbocycles. The van der Waals surface area contributed by atoms with Crippen LogP contribution in [0.2, 0.25) is 0 Å². The van der Waals surface area contributed by atoms with Gasteiger partial charge in [-0.2, -0.15) is 5.10 Å². The second-order valence-corrected chi connectivity index (χ2v) is 4.64. The fraction of sp³-hybridized carbons (Fsp3) is 0.364. The summed E-state index contributed by atoms with van der Waals surface area (Å²) in [6.45, 7) is 2.51. The number of thiophene rings is 1. The Bertz CT molecular complexity index is 462. The molecule has 2 rings (SSSR count). The largest absolute Gasteiger partial charge is 0.476 e. The summed E-state index contributed by atoms with van der Waals surface area (Å²) in [5.41, 5.74) is 7.30. The number of nitrogens with two attached hydrogens (primary N) is 1. The lowest BCUT2D eigenvalue weighted by Crippen LogP contribution is -2.05. The van der Waals surface area contributed by atoms with Crippen LogP contribution in [0.1, 0.15) is 10.6 Å². The molecule has 0 aromatic carbocycles. The smallest absolute Gasteiger partial charge is 0.235 e. The lowest BCUT2D eigenvalue weighted by molar-refractivity contribution is 0.296. The van der Waals surface area contributed by atoms with Crippen molar-refractivity contribution in [1.82, 2.24) is 9.78 Å². The van der Waals surface area contributed by atoms with Crippen LogP contribution in [0.3, 0.4) is 0 Å². The third-order valence-electron chi connectivity index (χ3n) is 2.38. The van der Waals surface area contributed by atoms with Gasteiger partial charge in [0.15, 0.2) is 0 Å². The molecule has 4 nitrogen and oxygen atoms in total. The maximum atomic E-state index is 5.86. The Balaban J connectivity index is 1.95. The van der Waals surface area contributed by atoms with E-state index in [1.165, 1.54) is 4.88 Å². The standard InChI is InChI=1S/C11H15N3OS/c1-8-10(12)11(14(2)13-8)15-6-5-9-4-3-7-16-9/h3-4,7H,5-6,12H2,1-2H3. The van der Waals surface area contributed by atoms with Crippen LogP contribution in [0.4, 0.5) is 5.69 Å². The molecule has 0 bridgehead atoms. The Labute approximate surface area is 98.6 Å². The number of nitrogens with zero attached hydrogens (tertiary/aromatic N) is 2. The Kier molecular flexibility index (Phi) is 3.14. The summed E-state index contributed by atoms with van der Waals surface area (Å²) in [6.07, 6.45) is 0.904. The first-order valence-electron chi connectivity index (χ1n) is 5.12. The number of nitrogen functional groups attached to an aromatic ring is 1. The second-order valence-electron chi connectivity index (χ2n) is 3.61. The van der Waals surface area contributed by atoms with Crippen molar-refractivity contribution in [2.24, 2.45) is 7.05 Å². The summed E-state index contributed by atoms with van der Waals surface area (Å²) < 4.78 is 7.32. The zero-order valence-corrected chi connectivity index (χ0v) is 10.3. The summed E-state index contributed by atoms with van der Waals surface area (Å²) in [7, 11) is 1.84. The maximum absolute atomic E-state index is 5.86. The fourth-order valence-corrected chi connectivity index (χ4v) is 2.22. The number of anilines is 1. The van der Waals surface area contributed by atoms with Gasteiger partial charge in [0, 0.05) is 18.3 Å². The molecule has 0 saturated heterocycles. The molecule has 0 aliphatic rings. The van der Waals surface area contributed by atoms with Gasteiger partial charge in [-0.3, -0.25) is 0 Å². The molecule has 0 aliphatic heterocycles. The molecule has 0 unspecified atom stereocenters. The third kappa shape index (κ3) is 2.19. The van der Waals surface area contributed by atoms with Crippen LogP contribution >= 0.6 is 11.3 Å². The van der Waals surface area contributed by atoms with E-state index < -0.39 is 0 Å². The number of aryl methyl sites for hydroxylation is 2. The van der Waals surface area contributed by atoms with E-state index in [0.29, 0.717) is 18.2 Å². The summed E-state index contributed by atoms with van der Waals surface area (Å²) in [5, 5.41) is 6.26. The first kappa shape index (κ1) is 11.0. The molecule has 0 saturated carbocycles. The molecule has 5 heteroatoms. The molecular formula is C11H15N3OS. The Morgan fingerprint density at radius 3 is 2.94 bits per heavy atom. The lowest BCUT2D eigenvalue weighted by Gasteiger charge is -2.05. The monoisotopic (exact) mass is 237 g/mol. The number of rotatable bonds is 4. The van der Waals surface area contributed by atoms with Crippen molar-refractivity contribution >= 4 is 17.0 Å². The van der Waals surface area contributed by atoms with Crippen molar-refractivity contribution in [3.8, 4) is 5.88 Å². The predicted molar refractivity (Wildman–Crippen MR) is 65.9 cm³/mol. The molecule has 0 atom stereocenters. The minimum Gasteiger partial charge on any atom is -0.476 e. The van der Waals surface area contributed by atoms with Crippen LogP contribution in [0.15, 0.2) is 17.5 Å². The predicted octanol–water partition coefficient (Wildman–Crippen LogP) is 1.99. The average molecular weight is 237 g/mol. The van der Waals surface area contributed by atoms with Crippen molar-refractivity contribution < 1.29 is 4.74 Å². The summed E-state index contributed by atoms with van der Waals surface area (Å²) in [5.74, 6) is 0.661. The molecule has 86 valence electrons. The Morgan fingerprint density at radius 1 is 1.56 bits per heavy atom. The van der Waals surface area contributed by atoms with Gasteiger partial charge in [0.2, 0.25) is 5.88 Å². The number of hydrogen-bond acceptors (Lipinski definition) is 4. The first-order chi connectivity index (χ1) is 7.68. The van der Waals surface area contributed by atoms with E-state index in [9.17, 15) is 0 Å². The van der Waals surface area contributed by atoms with E-state index >= 15 is 0 Å². The lowest BCUT2D eigenvalue weighted by atomic mass is 10.3. The molecule has 0 fully saturated rings. The van der Waals surface area contributed by atoms with E-state index in [-0.39, 0.29) is 0 Å². The zero-order chi connectivity index (χ0) is 11.5. The van der Waals surface area contributed by atoms with Crippen molar-refractivity contribution in [1.29, 1.82) is 0 Å². The molecule has 16 heavy (non-hydrogen) atoms. The summed E-state index contributed by atoms with van der Waals surface area (Å²) in [6, 6.07) is 4.15. The van der Waals surface area contributed by atoms with Crippen molar-refractivity contribution in [3.63, 3.8) is 0 Å². The first-order valence-corrected chi connectivity index (χ1v) is 6.00. The molecule has 2 aromatic heterocycles. The van der Waals surface area contributed by atoms with Crippen molar-refractivity contribution in [3.05, 3.63) is 28.1 Å². The van der Waals surface area contributed by atoms with Gasteiger partial charge in [-0.1, -0.05) is 6.07 Å². The minimum absolute atomic E-state index is 0.629. The fourth-order valence-electron chi connectivity index (χ4n) is 1.53. The van der Waals surface area contributed by atoms with Crippen LogP contribution in [-0.2, 0) is 13.5 Å². The maximum Gasteiger partial charge on any atom is 0.235 e. The highest BCUT2D eigenvalue weighted by atomic mass is 32.1. The quantitative estimate of drug-likeness (QED) is 0.884. The Hall–Kier alpha value is -1.49. The van der Waals surface area contributed by atoms with E-state index in [0.717, 1.165) is 12.1 Å². The van der Waals surface area contributed by atoms with Crippen LogP contribution in [0.25, 0.3) is 0 Å². The number of aromatic nitrogens is 2. The van der Waals surface area contributed by atoms with Gasteiger partial charge in [0.1, 0.15) is 5.69 Å². The van der Waals surface area contributed by atoms with E-state index in [1.807, 2.05) is 20.0 Å². The topological polar surface area (TPSA) is 53.1 Å². The van der Waals surface area contributed by atoms with Gasteiger partial charge in [-0.25, -0.2) is 4.68 Å². The average Bonchev–Trinajstić information content (AvgIpc) is 2.82. The van der Waals surface area contributed by atoms with Crippen LogP contribution in [0.5, 0.6) is 5.88 Å².